The predicted octanol–water partition coefficient (Wildman–Crippen LogP) is 2.00. The fraction of sp³-hybridized carbons (Fsp3) is 0.150. The number of benzene rings is 2. The Morgan fingerprint density at radius 2 is 2.00 bits per heavy atom. The van der Waals surface area contributed by atoms with Gasteiger partial charge in [0.05, 0.1) is 18.4 Å². The number of carbonyl (C=O) groups is 1. The van der Waals surface area contributed by atoms with Crippen LogP contribution < -0.4 is 11.1 Å². The molecule has 0 bridgehead atoms. The van der Waals surface area contributed by atoms with Crippen LogP contribution in [0.2, 0.25) is 0 Å². The van der Waals surface area contributed by atoms with Gasteiger partial charge in [0.1, 0.15) is 0 Å². The van der Waals surface area contributed by atoms with Crippen LogP contribution in [0.25, 0.3) is 5.70 Å². The van der Waals surface area contributed by atoms with Gasteiger partial charge in [0.15, 0.2) is 11.7 Å². The van der Waals surface area contributed by atoms with Gasteiger partial charge in [-0.25, -0.2) is 4.99 Å². The van der Waals surface area contributed by atoms with E-state index >= 15 is 0 Å². The Labute approximate surface area is 151 Å². The molecular formula is C20H19N5O. The lowest BCUT2D eigenvalue weighted by Gasteiger charge is -2.26. The molecule has 2 aliphatic heterocycles. The summed E-state index contributed by atoms with van der Waals surface area (Å²) in [4.78, 5) is 23.2. The molecule has 1 amide bonds. The maximum Gasteiger partial charge on any atom is 0.251 e. The van der Waals surface area contributed by atoms with E-state index in [1.54, 1.807) is 6.20 Å². The molecule has 2 aliphatic rings. The van der Waals surface area contributed by atoms with Crippen molar-refractivity contribution in [1.82, 2.24) is 10.2 Å². The number of nitrogens with one attached hydrogen (secondary N) is 1. The molecule has 0 atom stereocenters. The Morgan fingerprint density at radius 3 is 2.85 bits per heavy atom. The van der Waals surface area contributed by atoms with E-state index in [1.807, 2.05) is 59.5 Å². The van der Waals surface area contributed by atoms with Crippen molar-refractivity contribution in [3.8, 4) is 0 Å². The first-order chi connectivity index (χ1) is 12.7. The minimum absolute atomic E-state index is 0.106. The SMILES string of the molecule is NC1=NC=C(c2cccc(C(=O)NCc3ccccc3)c2)N2CCN=C12. The highest BCUT2D eigenvalue weighted by molar-refractivity contribution is 6.42. The van der Waals surface area contributed by atoms with E-state index in [2.05, 4.69) is 15.3 Å². The highest BCUT2D eigenvalue weighted by Gasteiger charge is 2.27. The number of amides is 1. The molecule has 6 nitrogen and oxygen atoms in total. The summed E-state index contributed by atoms with van der Waals surface area (Å²) in [6.45, 7) is 1.96. The van der Waals surface area contributed by atoms with E-state index < -0.39 is 0 Å². The van der Waals surface area contributed by atoms with E-state index in [1.165, 1.54) is 0 Å². The smallest absolute Gasteiger partial charge is 0.251 e. The molecule has 6 heteroatoms. The summed E-state index contributed by atoms with van der Waals surface area (Å²) in [5.74, 6) is 1.04. The average molecular weight is 345 g/mol. The molecule has 0 fully saturated rings. The summed E-state index contributed by atoms with van der Waals surface area (Å²) in [7, 11) is 0. The number of carbonyl (C=O) groups excluding carboxylic acids is 1. The number of amidine groups is 2. The quantitative estimate of drug-likeness (QED) is 0.889. The van der Waals surface area contributed by atoms with Crippen LogP contribution in [0.3, 0.4) is 0 Å². The summed E-state index contributed by atoms with van der Waals surface area (Å²) < 4.78 is 0. The Hall–Kier alpha value is -3.41. The zero-order chi connectivity index (χ0) is 17.9. The van der Waals surface area contributed by atoms with Gasteiger partial charge >= 0.3 is 0 Å². The van der Waals surface area contributed by atoms with Gasteiger partial charge in [-0.2, -0.15) is 0 Å². The Morgan fingerprint density at radius 1 is 1.15 bits per heavy atom. The van der Waals surface area contributed by atoms with Gasteiger partial charge in [0.2, 0.25) is 0 Å². The van der Waals surface area contributed by atoms with Crippen molar-refractivity contribution in [3.05, 3.63) is 77.5 Å². The second-order valence-electron chi connectivity index (χ2n) is 6.13. The Kier molecular flexibility index (Phi) is 4.23. The van der Waals surface area contributed by atoms with Crippen molar-refractivity contribution >= 4 is 23.3 Å². The molecule has 0 saturated carbocycles. The lowest BCUT2D eigenvalue weighted by Crippen LogP contribution is -2.38. The highest BCUT2D eigenvalue weighted by atomic mass is 16.1. The van der Waals surface area contributed by atoms with Crippen molar-refractivity contribution in [3.63, 3.8) is 0 Å². The first-order valence-corrected chi connectivity index (χ1v) is 8.51. The van der Waals surface area contributed by atoms with E-state index in [4.69, 9.17) is 5.73 Å². The van der Waals surface area contributed by atoms with Gasteiger partial charge in [0, 0.05) is 24.2 Å². The normalized spacial score (nSPS) is 15.7. The first-order valence-electron chi connectivity index (χ1n) is 8.51. The third-order valence-corrected chi connectivity index (χ3v) is 4.40. The number of fused-ring (bicyclic) bond motifs is 1. The van der Waals surface area contributed by atoms with Crippen molar-refractivity contribution < 1.29 is 4.79 Å². The van der Waals surface area contributed by atoms with Gasteiger partial charge in [-0.05, 0) is 17.7 Å². The molecule has 2 aromatic rings. The van der Waals surface area contributed by atoms with E-state index in [-0.39, 0.29) is 5.91 Å². The molecule has 0 spiro atoms. The lowest BCUT2D eigenvalue weighted by atomic mass is 10.1. The van der Waals surface area contributed by atoms with Crippen LogP contribution in [-0.2, 0) is 6.54 Å². The van der Waals surface area contributed by atoms with E-state index in [9.17, 15) is 4.79 Å². The molecule has 26 heavy (non-hydrogen) atoms. The van der Waals surface area contributed by atoms with Gasteiger partial charge in [-0.1, -0.05) is 42.5 Å². The monoisotopic (exact) mass is 345 g/mol. The minimum atomic E-state index is -0.106. The van der Waals surface area contributed by atoms with Crippen molar-refractivity contribution in [2.75, 3.05) is 13.1 Å². The molecule has 0 radical (unpaired) electrons. The van der Waals surface area contributed by atoms with Crippen LogP contribution in [0.15, 0.2) is 70.8 Å². The van der Waals surface area contributed by atoms with E-state index in [0.717, 1.165) is 23.4 Å². The molecule has 4 rings (SSSR count). The number of rotatable bonds is 4. The van der Waals surface area contributed by atoms with Crippen LogP contribution in [0.5, 0.6) is 0 Å². The summed E-state index contributed by atoms with van der Waals surface area (Å²) in [6, 6.07) is 17.4. The summed E-state index contributed by atoms with van der Waals surface area (Å²) in [5, 5.41) is 2.96. The maximum absolute atomic E-state index is 12.5. The zero-order valence-electron chi connectivity index (χ0n) is 14.2. The van der Waals surface area contributed by atoms with Crippen LogP contribution in [0.4, 0.5) is 0 Å². The molecule has 0 aromatic heterocycles. The number of nitrogens with two attached hydrogens (primary N) is 1. The van der Waals surface area contributed by atoms with Gasteiger partial charge < -0.3 is 16.0 Å². The number of hydrogen-bond donors (Lipinski definition) is 2. The molecule has 130 valence electrons. The molecule has 0 unspecified atom stereocenters. The topological polar surface area (TPSA) is 83.1 Å². The van der Waals surface area contributed by atoms with E-state index in [0.29, 0.717) is 30.3 Å². The molecule has 2 heterocycles. The zero-order valence-corrected chi connectivity index (χ0v) is 14.2. The average Bonchev–Trinajstić information content (AvgIpc) is 3.18. The Balaban J connectivity index is 1.53. The third kappa shape index (κ3) is 3.09. The van der Waals surface area contributed by atoms with Gasteiger partial charge in [0.25, 0.3) is 5.91 Å². The largest absolute Gasteiger partial charge is 0.381 e. The van der Waals surface area contributed by atoms with Crippen LogP contribution in [0, 0.1) is 0 Å². The molecule has 0 saturated heterocycles. The second-order valence-corrected chi connectivity index (χ2v) is 6.13. The summed E-state index contributed by atoms with van der Waals surface area (Å²) in [6.07, 6.45) is 1.74. The van der Waals surface area contributed by atoms with Crippen LogP contribution in [0.1, 0.15) is 21.5 Å². The van der Waals surface area contributed by atoms with Gasteiger partial charge in [-0.3, -0.25) is 9.79 Å². The predicted molar refractivity (Wildman–Crippen MR) is 103 cm³/mol. The summed E-state index contributed by atoms with van der Waals surface area (Å²) in [5.41, 5.74) is 9.41. The number of hydrogen-bond acceptors (Lipinski definition) is 5. The lowest BCUT2D eigenvalue weighted by molar-refractivity contribution is 0.0951. The Bertz CT molecular complexity index is 930. The molecule has 0 aliphatic carbocycles. The van der Waals surface area contributed by atoms with Crippen molar-refractivity contribution in [2.45, 2.75) is 6.54 Å². The maximum atomic E-state index is 12.5. The minimum Gasteiger partial charge on any atom is -0.381 e. The highest BCUT2D eigenvalue weighted by Crippen LogP contribution is 2.25. The number of nitrogens with zero attached hydrogens (tertiary/aromatic N) is 3. The number of aliphatic imine (C=N–C) groups is 2. The molecule has 2 aromatic carbocycles. The van der Waals surface area contributed by atoms with Crippen molar-refractivity contribution in [2.24, 2.45) is 15.7 Å². The second kappa shape index (κ2) is 6.84. The van der Waals surface area contributed by atoms with Crippen molar-refractivity contribution in [1.29, 1.82) is 0 Å². The third-order valence-electron chi connectivity index (χ3n) is 4.40. The van der Waals surface area contributed by atoms with Crippen LogP contribution in [-0.4, -0.2) is 35.6 Å². The summed E-state index contributed by atoms with van der Waals surface area (Å²) >= 11 is 0. The fourth-order valence-corrected chi connectivity index (χ4v) is 3.09. The van der Waals surface area contributed by atoms with Gasteiger partial charge in [-0.15, -0.1) is 0 Å². The molecular weight excluding hydrogens is 326 g/mol. The first kappa shape index (κ1) is 16.1. The van der Waals surface area contributed by atoms with Crippen LogP contribution >= 0.6 is 0 Å². The fourth-order valence-electron chi connectivity index (χ4n) is 3.09. The standard InChI is InChI=1S/C20H19N5O/c21-18-19-22-9-10-25(19)17(13-23-18)15-7-4-8-16(11-15)20(26)24-12-14-5-2-1-3-6-14/h1-8,11,13H,9-10,12H2,(H2,21,23)(H,24,26). The molecule has 3 N–H and O–H groups in total.